The number of halogens is 2. The number of anilines is 1. The number of carbonyl (C=O) groups is 1. The van der Waals surface area contributed by atoms with Crippen LogP contribution in [-0.4, -0.2) is 29.2 Å². The molecule has 1 aliphatic rings. The molecule has 3 rings (SSSR count). The lowest BCUT2D eigenvalue weighted by Crippen LogP contribution is -2.31. The maximum absolute atomic E-state index is 13.5. The van der Waals surface area contributed by atoms with E-state index in [1.807, 2.05) is 0 Å². The highest BCUT2D eigenvalue weighted by Gasteiger charge is 2.14. The van der Waals surface area contributed by atoms with Gasteiger partial charge in [0.15, 0.2) is 11.5 Å². The largest absolute Gasteiger partial charge is 0.355 e. The monoisotopic (exact) mass is 332 g/mol. The number of nitrogens with zero attached hydrogens (tertiary/aromatic N) is 3. The van der Waals surface area contributed by atoms with Gasteiger partial charge in [-0.1, -0.05) is 6.07 Å². The van der Waals surface area contributed by atoms with Crippen LogP contribution in [0.4, 0.5) is 14.6 Å². The van der Waals surface area contributed by atoms with E-state index < -0.39 is 17.5 Å². The smallest absolute Gasteiger partial charge is 0.272 e. The van der Waals surface area contributed by atoms with Crippen molar-refractivity contribution in [2.24, 2.45) is 0 Å². The predicted molar refractivity (Wildman–Crippen MR) is 85.6 cm³/mol. The normalized spacial score (nSPS) is 14.5. The summed E-state index contributed by atoms with van der Waals surface area (Å²) in [6.07, 6.45) is 3.49. The standard InChI is InChI=1S/C17H18F2N4O/c18-13-5-4-12(14(19)10-13)11-20-17(24)15-6-7-16(22-21-15)23-8-2-1-3-9-23/h4-7,10H,1-3,8-9,11H2,(H,20,24). The van der Waals surface area contributed by atoms with E-state index in [0.717, 1.165) is 43.9 Å². The zero-order valence-corrected chi connectivity index (χ0v) is 13.1. The molecular formula is C17H18F2N4O. The lowest BCUT2D eigenvalue weighted by atomic mass is 10.1. The molecule has 1 aromatic heterocycles. The van der Waals surface area contributed by atoms with Crippen molar-refractivity contribution in [2.75, 3.05) is 18.0 Å². The molecule has 126 valence electrons. The zero-order valence-electron chi connectivity index (χ0n) is 13.1. The van der Waals surface area contributed by atoms with Gasteiger partial charge in [-0.2, -0.15) is 0 Å². The predicted octanol–water partition coefficient (Wildman–Crippen LogP) is 2.68. The van der Waals surface area contributed by atoms with Crippen molar-refractivity contribution < 1.29 is 13.6 Å². The van der Waals surface area contributed by atoms with E-state index in [1.165, 1.54) is 12.5 Å². The van der Waals surface area contributed by atoms with Crippen molar-refractivity contribution in [1.29, 1.82) is 0 Å². The summed E-state index contributed by atoms with van der Waals surface area (Å²) in [6.45, 7) is 1.86. The first-order chi connectivity index (χ1) is 11.6. The summed E-state index contributed by atoms with van der Waals surface area (Å²) in [5, 5.41) is 10.6. The minimum Gasteiger partial charge on any atom is -0.355 e. The quantitative estimate of drug-likeness (QED) is 0.935. The highest BCUT2D eigenvalue weighted by atomic mass is 19.1. The highest BCUT2D eigenvalue weighted by molar-refractivity contribution is 5.92. The van der Waals surface area contributed by atoms with E-state index >= 15 is 0 Å². The molecule has 0 spiro atoms. The Morgan fingerprint density at radius 2 is 1.88 bits per heavy atom. The molecule has 1 saturated heterocycles. The number of carbonyl (C=O) groups excluding carboxylic acids is 1. The van der Waals surface area contributed by atoms with Crippen LogP contribution in [0.25, 0.3) is 0 Å². The van der Waals surface area contributed by atoms with Crippen molar-refractivity contribution in [3.8, 4) is 0 Å². The molecule has 0 aliphatic carbocycles. The summed E-state index contributed by atoms with van der Waals surface area (Å²) in [4.78, 5) is 14.2. The molecule has 1 aliphatic heterocycles. The summed E-state index contributed by atoms with van der Waals surface area (Å²) in [7, 11) is 0. The second kappa shape index (κ2) is 7.33. The summed E-state index contributed by atoms with van der Waals surface area (Å²) < 4.78 is 26.4. The topological polar surface area (TPSA) is 58.1 Å². The Morgan fingerprint density at radius 3 is 2.54 bits per heavy atom. The number of benzene rings is 1. The van der Waals surface area contributed by atoms with E-state index in [9.17, 15) is 13.6 Å². The molecule has 0 radical (unpaired) electrons. The molecule has 1 N–H and O–H groups in total. The van der Waals surface area contributed by atoms with Gasteiger partial charge < -0.3 is 10.2 Å². The summed E-state index contributed by atoms with van der Waals surface area (Å²) in [5.74, 6) is -1.03. The van der Waals surface area contributed by atoms with Crippen LogP contribution in [0.5, 0.6) is 0 Å². The summed E-state index contributed by atoms with van der Waals surface area (Å²) >= 11 is 0. The number of aromatic nitrogens is 2. The van der Waals surface area contributed by atoms with Crippen LogP contribution in [0, 0.1) is 11.6 Å². The highest BCUT2D eigenvalue weighted by Crippen LogP contribution is 2.16. The van der Waals surface area contributed by atoms with Crippen LogP contribution in [0.15, 0.2) is 30.3 Å². The fraction of sp³-hybridized carbons (Fsp3) is 0.353. The molecule has 0 unspecified atom stereocenters. The molecule has 5 nitrogen and oxygen atoms in total. The van der Waals surface area contributed by atoms with Gasteiger partial charge in [-0.15, -0.1) is 10.2 Å². The maximum atomic E-state index is 13.5. The molecule has 0 saturated carbocycles. The van der Waals surface area contributed by atoms with Gasteiger partial charge in [0.1, 0.15) is 11.6 Å². The fourth-order valence-corrected chi connectivity index (χ4v) is 2.67. The minimum absolute atomic E-state index is 0.0412. The minimum atomic E-state index is -0.693. The zero-order chi connectivity index (χ0) is 16.9. The molecule has 1 aromatic carbocycles. The number of nitrogens with one attached hydrogen (secondary N) is 1. The maximum Gasteiger partial charge on any atom is 0.272 e. The Kier molecular flexibility index (Phi) is 4.98. The first-order valence-corrected chi connectivity index (χ1v) is 7.94. The molecule has 1 fully saturated rings. The molecule has 2 heterocycles. The number of piperidine rings is 1. The van der Waals surface area contributed by atoms with Crippen LogP contribution in [0.2, 0.25) is 0 Å². The van der Waals surface area contributed by atoms with Gasteiger partial charge in [-0.3, -0.25) is 4.79 Å². The molecule has 0 atom stereocenters. The third-order valence-corrected chi connectivity index (χ3v) is 4.02. The Labute approximate surface area is 138 Å². The summed E-state index contributed by atoms with van der Waals surface area (Å²) in [5.41, 5.74) is 0.376. The summed E-state index contributed by atoms with van der Waals surface area (Å²) in [6, 6.07) is 6.61. The first kappa shape index (κ1) is 16.3. The Hall–Kier alpha value is -2.57. The van der Waals surface area contributed by atoms with E-state index in [0.29, 0.717) is 0 Å². The molecule has 2 aromatic rings. The first-order valence-electron chi connectivity index (χ1n) is 7.94. The second-order valence-electron chi connectivity index (χ2n) is 5.74. The van der Waals surface area contributed by atoms with Crippen LogP contribution in [-0.2, 0) is 6.54 Å². The van der Waals surface area contributed by atoms with Gasteiger partial charge in [-0.25, -0.2) is 8.78 Å². The van der Waals surface area contributed by atoms with Crippen molar-refractivity contribution in [2.45, 2.75) is 25.8 Å². The third-order valence-electron chi connectivity index (χ3n) is 4.02. The number of amides is 1. The van der Waals surface area contributed by atoms with E-state index in [-0.39, 0.29) is 17.8 Å². The Balaban J connectivity index is 1.60. The van der Waals surface area contributed by atoms with E-state index in [4.69, 9.17) is 0 Å². The molecule has 0 bridgehead atoms. The fourth-order valence-electron chi connectivity index (χ4n) is 2.67. The Bertz CT molecular complexity index is 715. The number of hydrogen-bond acceptors (Lipinski definition) is 4. The van der Waals surface area contributed by atoms with Gasteiger partial charge in [0.25, 0.3) is 5.91 Å². The van der Waals surface area contributed by atoms with Crippen molar-refractivity contribution >= 4 is 11.7 Å². The van der Waals surface area contributed by atoms with Crippen LogP contribution < -0.4 is 10.2 Å². The average molecular weight is 332 g/mol. The number of hydrogen-bond donors (Lipinski definition) is 1. The molecular weight excluding hydrogens is 314 g/mol. The van der Waals surface area contributed by atoms with Gasteiger partial charge in [0, 0.05) is 31.3 Å². The third kappa shape index (κ3) is 3.84. The van der Waals surface area contributed by atoms with Gasteiger partial charge >= 0.3 is 0 Å². The van der Waals surface area contributed by atoms with Crippen LogP contribution in [0.3, 0.4) is 0 Å². The molecule has 1 amide bonds. The molecule has 7 heteroatoms. The number of rotatable bonds is 4. The second-order valence-corrected chi connectivity index (χ2v) is 5.74. The van der Waals surface area contributed by atoms with E-state index in [2.05, 4.69) is 20.4 Å². The van der Waals surface area contributed by atoms with Crippen molar-refractivity contribution in [1.82, 2.24) is 15.5 Å². The SMILES string of the molecule is O=C(NCc1ccc(F)cc1F)c1ccc(N2CCCCC2)nn1. The van der Waals surface area contributed by atoms with Gasteiger partial charge in [0.05, 0.1) is 0 Å². The van der Waals surface area contributed by atoms with E-state index in [1.54, 1.807) is 12.1 Å². The Morgan fingerprint density at radius 1 is 1.08 bits per heavy atom. The van der Waals surface area contributed by atoms with Crippen molar-refractivity contribution in [3.05, 3.63) is 53.2 Å². The lowest BCUT2D eigenvalue weighted by molar-refractivity contribution is 0.0944. The molecule has 24 heavy (non-hydrogen) atoms. The van der Waals surface area contributed by atoms with Crippen LogP contribution in [0.1, 0.15) is 35.3 Å². The average Bonchev–Trinajstić information content (AvgIpc) is 2.62. The van der Waals surface area contributed by atoms with Crippen LogP contribution >= 0.6 is 0 Å². The lowest BCUT2D eigenvalue weighted by Gasteiger charge is -2.27. The van der Waals surface area contributed by atoms with Gasteiger partial charge in [0.2, 0.25) is 0 Å². The van der Waals surface area contributed by atoms with Crippen molar-refractivity contribution in [3.63, 3.8) is 0 Å². The van der Waals surface area contributed by atoms with Gasteiger partial charge in [-0.05, 0) is 37.5 Å².